The second kappa shape index (κ2) is 6.69. The molecule has 2 aliphatic rings. The van der Waals surface area contributed by atoms with Gasteiger partial charge in [-0.05, 0) is 48.4 Å². The van der Waals surface area contributed by atoms with Crippen LogP contribution in [0, 0.1) is 0 Å². The van der Waals surface area contributed by atoms with E-state index in [1.807, 2.05) is 6.07 Å². The molecule has 0 saturated carbocycles. The number of fused-ring (bicyclic) bond motifs is 1. The van der Waals surface area contributed by atoms with Gasteiger partial charge in [-0.2, -0.15) is 5.10 Å². The van der Waals surface area contributed by atoms with Crippen molar-refractivity contribution in [2.45, 2.75) is 37.1 Å². The number of benzene rings is 1. The molecule has 1 fully saturated rings. The number of methoxy groups -OCH3 is 2. The zero-order valence-corrected chi connectivity index (χ0v) is 14.7. The van der Waals surface area contributed by atoms with E-state index >= 15 is 0 Å². The summed E-state index contributed by atoms with van der Waals surface area (Å²) in [5.74, 6) is 2.31. The third kappa shape index (κ3) is 3.00. The van der Waals surface area contributed by atoms with Crippen molar-refractivity contribution in [3.8, 4) is 11.5 Å². The van der Waals surface area contributed by atoms with Crippen LogP contribution in [-0.2, 0) is 17.6 Å². The van der Waals surface area contributed by atoms with Crippen molar-refractivity contribution in [1.82, 2.24) is 10.2 Å². The van der Waals surface area contributed by atoms with Gasteiger partial charge in [0, 0.05) is 23.7 Å². The van der Waals surface area contributed by atoms with E-state index in [4.69, 9.17) is 19.9 Å². The van der Waals surface area contributed by atoms with E-state index in [0.717, 1.165) is 36.5 Å². The second-order valence-electron chi connectivity index (χ2n) is 6.96. The zero-order chi connectivity index (χ0) is 17.4. The van der Waals surface area contributed by atoms with Gasteiger partial charge in [-0.15, -0.1) is 0 Å². The highest BCUT2D eigenvalue weighted by molar-refractivity contribution is 5.42. The number of rotatable bonds is 4. The molecule has 1 aliphatic heterocycles. The van der Waals surface area contributed by atoms with Crippen molar-refractivity contribution >= 4 is 0 Å². The first-order chi connectivity index (χ1) is 12.2. The van der Waals surface area contributed by atoms with Gasteiger partial charge in [0.2, 0.25) is 0 Å². The number of hydrogen-bond acceptors (Lipinski definition) is 5. The Bertz CT molecular complexity index is 736. The third-order valence-electron chi connectivity index (χ3n) is 5.50. The van der Waals surface area contributed by atoms with E-state index in [2.05, 4.69) is 22.3 Å². The van der Waals surface area contributed by atoms with Crippen LogP contribution in [0.2, 0.25) is 0 Å². The Hall–Kier alpha value is -2.05. The van der Waals surface area contributed by atoms with Crippen molar-refractivity contribution in [2.75, 3.05) is 27.4 Å². The lowest BCUT2D eigenvalue weighted by atomic mass is 9.80. The van der Waals surface area contributed by atoms with Crippen LogP contribution in [0.1, 0.15) is 40.8 Å². The molecule has 2 unspecified atom stereocenters. The molecule has 6 nitrogen and oxygen atoms in total. The summed E-state index contributed by atoms with van der Waals surface area (Å²) in [7, 11) is 3.37. The first-order valence-corrected chi connectivity index (χ1v) is 8.82. The maximum atomic E-state index is 6.18. The van der Waals surface area contributed by atoms with Crippen LogP contribution < -0.4 is 15.2 Å². The highest BCUT2D eigenvalue weighted by atomic mass is 16.5. The molecule has 1 aromatic carbocycles. The normalized spacial score (nSPS) is 25.6. The minimum atomic E-state index is 0.0489. The predicted molar refractivity (Wildman–Crippen MR) is 94.4 cm³/mol. The largest absolute Gasteiger partial charge is 0.497 e. The van der Waals surface area contributed by atoms with Crippen LogP contribution in [0.4, 0.5) is 0 Å². The van der Waals surface area contributed by atoms with Crippen LogP contribution in [0.3, 0.4) is 0 Å². The third-order valence-corrected chi connectivity index (χ3v) is 5.50. The lowest BCUT2D eigenvalue weighted by molar-refractivity contribution is 0.190. The number of nitrogens with one attached hydrogen (secondary N) is 1. The molecular formula is C19H25N3O3. The maximum absolute atomic E-state index is 6.18. The molecule has 0 spiro atoms. The van der Waals surface area contributed by atoms with Gasteiger partial charge < -0.3 is 19.9 Å². The van der Waals surface area contributed by atoms with E-state index < -0.39 is 0 Å². The number of aromatic nitrogens is 2. The molecule has 3 N–H and O–H groups in total. The molecule has 134 valence electrons. The highest BCUT2D eigenvalue weighted by Gasteiger charge is 2.33. The lowest BCUT2D eigenvalue weighted by Gasteiger charge is -2.24. The first kappa shape index (κ1) is 16.4. The fourth-order valence-electron chi connectivity index (χ4n) is 4.04. The molecule has 2 aromatic rings. The number of nitrogens with zero attached hydrogens (tertiary/aromatic N) is 1. The van der Waals surface area contributed by atoms with Crippen LogP contribution >= 0.6 is 0 Å². The SMILES string of the molecule is COc1cc(OC)cc([C@H]2CCc3c(C4COCC4N)n[nH]c3C2)c1. The first-order valence-electron chi connectivity index (χ1n) is 8.82. The van der Waals surface area contributed by atoms with Crippen LogP contribution in [0.15, 0.2) is 18.2 Å². The Labute approximate surface area is 147 Å². The zero-order valence-electron chi connectivity index (χ0n) is 14.7. The van der Waals surface area contributed by atoms with Crippen molar-refractivity contribution in [1.29, 1.82) is 0 Å². The topological polar surface area (TPSA) is 82.4 Å². The van der Waals surface area contributed by atoms with Crippen molar-refractivity contribution < 1.29 is 14.2 Å². The molecule has 6 heteroatoms. The van der Waals surface area contributed by atoms with E-state index in [1.54, 1.807) is 14.2 Å². The lowest BCUT2D eigenvalue weighted by Crippen LogP contribution is -2.28. The maximum Gasteiger partial charge on any atom is 0.122 e. The minimum absolute atomic E-state index is 0.0489. The van der Waals surface area contributed by atoms with Crippen LogP contribution in [0.25, 0.3) is 0 Å². The minimum Gasteiger partial charge on any atom is -0.497 e. The smallest absolute Gasteiger partial charge is 0.122 e. The average molecular weight is 343 g/mol. The molecule has 1 aromatic heterocycles. The Morgan fingerprint density at radius 3 is 2.56 bits per heavy atom. The van der Waals surface area contributed by atoms with Gasteiger partial charge in [0.15, 0.2) is 0 Å². The second-order valence-corrected chi connectivity index (χ2v) is 6.96. The quantitative estimate of drug-likeness (QED) is 0.889. The summed E-state index contributed by atoms with van der Waals surface area (Å²) in [6, 6.07) is 6.17. The Kier molecular flexibility index (Phi) is 4.39. The molecular weight excluding hydrogens is 318 g/mol. The van der Waals surface area contributed by atoms with Gasteiger partial charge in [-0.3, -0.25) is 5.10 Å². The summed E-state index contributed by atoms with van der Waals surface area (Å²) in [5, 5.41) is 7.85. The van der Waals surface area contributed by atoms with Gasteiger partial charge in [-0.25, -0.2) is 0 Å². The standard InChI is InChI=1S/C19H25N3O3/c1-23-13-5-12(6-14(8-13)24-2)11-3-4-15-18(7-11)21-22-19(15)16-9-25-10-17(16)20/h5-6,8,11,16-17H,3-4,7,9-10,20H2,1-2H3,(H,21,22)/t11-,16?,17?/m0/s1. The van der Waals surface area contributed by atoms with Gasteiger partial charge in [0.25, 0.3) is 0 Å². The molecule has 0 bridgehead atoms. The van der Waals surface area contributed by atoms with Crippen LogP contribution in [0.5, 0.6) is 11.5 Å². The van der Waals surface area contributed by atoms with Crippen molar-refractivity contribution in [3.05, 3.63) is 40.7 Å². The number of H-pyrrole nitrogens is 1. The van der Waals surface area contributed by atoms with E-state index in [0.29, 0.717) is 19.1 Å². The molecule has 1 saturated heterocycles. The molecule has 0 radical (unpaired) electrons. The highest BCUT2D eigenvalue weighted by Crippen LogP contribution is 2.38. The Morgan fingerprint density at radius 1 is 1.16 bits per heavy atom. The van der Waals surface area contributed by atoms with Crippen molar-refractivity contribution in [3.63, 3.8) is 0 Å². The monoisotopic (exact) mass is 343 g/mol. The Balaban J connectivity index is 1.59. The van der Waals surface area contributed by atoms with Gasteiger partial charge in [-0.1, -0.05) is 0 Å². The fraction of sp³-hybridized carbons (Fsp3) is 0.526. The van der Waals surface area contributed by atoms with E-state index in [9.17, 15) is 0 Å². The van der Waals surface area contributed by atoms with E-state index in [-0.39, 0.29) is 12.0 Å². The number of hydrogen-bond donors (Lipinski definition) is 2. The van der Waals surface area contributed by atoms with Crippen LogP contribution in [-0.4, -0.2) is 43.7 Å². The molecule has 25 heavy (non-hydrogen) atoms. The molecule has 0 amide bonds. The number of aromatic amines is 1. The molecule has 2 heterocycles. The van der Waals surface area contributed by atoms with Gasteiger partial charge >= 0.3 is 0 Å². The summed E-state index contributed by atoms with van der Waals surface area (Å²) >= 11 is 0. The number of ether oxygens (including phenoxy) is 3. The average Bonchev–Trinajstić information content (AvgIpc) is 3.26. The summed E-state index contributed by atoms with van der Waals surface area (Å²) < 4.78 is 16.3. The predicted octanol–water partition coefficient (Wildman–Crippen LogP) is 2.14. The molecule has 4 rings (SSSR count). The van der Waals surface area contributed by atoms with Gasteiger partial charge in [0.1, 0.15) is 11.5 Å². The Morgan fingerprint density at radius 2 is 1.92 bits per heavy atom. The summed E-state index contributed by atoms with van der Waals surface area (Å²) in [6.07, 6.45) is 3.04. The molecule has 1 aliphatic carbocycles. The van der Waals surface area contributed by atoms with E-state index in [1.165, 1.54) is 16.8 Å². The fourth-order valence-corrected chi connectivity index (χ4v) is 4.04. The van der Waals surface area contributed by atoms with Crippen molar-refractivity contribution in [2.24, 2.45) is 5.73 Å². The number of nitrogens with two attached hydrogens (primary N) is 1. The molecule has 3 atom stereocenters. The van der Waals surface area contributed by atoms with Gasteiger partial charge in [0.05, 0.1) is 33.1 Å². The summed E-state index contributed by atoms with van der Waals surface area (Å²) in [6.45, 7) is 1.30. The summed E-state index contributed by atoms with van der Waals surface area (Å²) in [4.78, 5) is 0. The summed E-state index contributed by atoms with van der Waals surface area (Å²) in [5.41, 5.74) is 11.1.